The lowest BCUT2D eigenvalue weighted by atomic mass is 10.1. The molecule has 0 spiro atoms. The van der Waals surface area contributed by atoms with E-state index in [1.54, 1.807) is 35.4 Å². The average molecular weight is 652 g/mol. The number of morpholine rings is 1. The minimum absolute atomic E-state index is 0.205. The molecular weight excluding hydrogens is 614 g/mol. The van der Waals surface area contributed by atoms with Crippen molar-refractivity contribution < 1.29 is 4.74 Å². The summed E-state index contributed by atoms with van der Waals surface area (Å²) >= 11 is 6.78. The zero-order valence-electron chi connectivity index (χ0n) is 26.4. The second-order valence-electron chi connectivity index (χ2n) is 12.0. The van der Waals surface area contributed by atoms with E-state index >= 15 is 0 Å². The third kappa shape index (κ3) is 6.98. The van der Waals surface area contributed by atoms with Crippen LogP contribution in [0.15, 0.2) is 78.1 Å². The van der Waals surface area contributed by atoms with Crippen LogP contribution in [0.4, 0.5) is 17.3 Å². The fourth-order valence-electron chi connectivity index (χ4n) is 6.27. The maximum Gasteiger partial charge on any atom is 0.261 e. The summed E-state index contributed by atoms with van der Waals surface area (Å²) in [6.45, 7) is 6.21. The van der Waals surface area contributed by atoms with Crippen molar-refractivity contribution in [2.75, 3.05) is 63.2 Å². The molecule has 1 atom stereocenters. The number of halogens is 1. The van der Waals surface area contributed by atoms with E-state index in [2.05, 4.69) is 54.6 Å². The van der Waals surface area contributed by atoms with Crippen LogP contribution in [-0.2, 0) is 11.3 Å². The predicted octanol–water partition coefficient (Wildman–Crippen LogP) is 4.83. The number of hydrogen-bond donors (Lipinski definition) is 2. The number of nitrogens with one attached hydrogen (secondary N) is 2. The van der Waals surface area contributed by atoms with E-state index in [4.69, 9.17) is 21.3 Å². The Morgan fingerprint density at radius 3 is 2.64 bits per heavy atom. The van der Waals surface area contributed by atoms with Gasteiger partial charge in [-0.2, -0.15) is 4.98 Å². The molecule has 0 amide bonds. The van der Waals surface area contributed by atoms with Crippen LogP contribution in [0.3, 0.4) is 0 Å². The zero-order chi connectivity index (χ0) is 32.2. The van der Waals surface area contributed by atoms with Crippen LogP contribution in [0.5, 0.6) is 0 Å². The number of nitrogens with zero attached hydrogens (tertiary/aromatic N) is 7. The van der Waals surface area contributed by atoms with Crippen LogP contribution in [-0.4, -0.2) is 88.4 Å². The molecule has 2 saturated heterocycles. The standard InChI is InChI=1S/C35H38ClN9O2/c1-43(29-5-3-11-38-23-29)28-8-6-27(7-9-28)41-35-40-22-26-18-30(32-31(36)19-25(21-39-32)24-4-2-10-37-20-24)34(46)45(33(26)42-35)13-12-44-14-16-47-17-15-44/h2,4,6-10,18-22,29,38H,3,5,11-17,23H2,1H3,(H,40,41,42). The smallest absolute Gasteiger partial charge is 0.261 e. The van der Waals surface area contributed by atoms with E-state index in [1.165, 1.54) is 12.8 Å². The Hall–Kier alpha value is -4.42. The first-order valence-electron chi connectivity index (χ1n) is 16.1. The number of pyridine rings is 3. The van der Waals surface area contributed by atoms with Crippen LogP contribution < -0.4 is 21.1 Å². The fraction of sp³-hybridized carbons (Fsp3) is 0.343. The van der Waals surface area contributed by atoms with Gasteiger partial charge in [0.25, 0.3) is 5.56 Å². The quantitative estimate of drug-likeness (QED) is 0.230. The van der Waals surface area contributed by atoms with Gasteiger partial charge in [-0.3, -0.25) is 24.2 Å². The SMILES string of the molecule is CN(c1ccc(Nc2ncc3cc(-c4ncc(-c5cccnc5)cc4Cl)c(=O)n(CCN4CCOCC4)c3n2)cc1)C1CCCNC1. The lowest BCUT2D eigenvalue weighted by Gasteiger charge is -2.33. The Bertz CT molecular complexity index is 1890. The molecule has 6 heterocycles. The van der Waals surface area contributed by atoms with Crippen molar-refractivity contribution in [3.63, 3.8) is 0 Å². The number of anilines is 3. The Morgan fingerprint density at radius 2 is 1.89 bits per heavy atom. The number of benzene rings is 1. The molecule has 0 aliphatic carbocycles. The number of ether oxygens (including phenoxy) is 1. The van der Waals surface area contributed by atoms with Crippen molar-refractivity contribution in [2.24, 2.45) is 0 Å². The van der Waals surface area contributed by atoms with Gasteiger partial charge >= 0.3 is 0 Å². The molecule has 2 aliphatic heterocycles. The number of piperidine rings is 1. The summed E-state index contributed by atoms with van der Waals surface area (Å²) in [4.78, 5) is 37.1. The molecule has 2 aliphatic rings. The number of likely N-dealkylation sites (N-methyl/N-ethyl adjacent to an activating group) is 1. The molecule has 5 aromatic rings. The molecule has 2 fully saturated rings. The largest absolute Gasteiger partial charge is 0.379 e. The highest BCUT2D eigenvalue weighted by Gasteiger charge is 2.20. The van der Waals surface area contributed by atoms with Crippen molar-refractivity contribution in [1.29, 1.82) is 0 Å². The molecule has 12 heteroatoms. The van der Waals surface area contributed by atoms with Gasteiger partial charge in [0.15, 0.2) is 0 Å². The molecule has 7 rings (SSSR count). The minimum Gasteiger partial charge on any atom is -0.379 e. The normalized spacial score (nSPS) is 17.1. The van der Waals surface area contributed by atoms with Gasteiger partial charge in [0.05, 0.1) is 29.5 Å². The summed E-state index contributed by atoms with van der Waals surface area (Å²) in [7, 11) is 2.15. The second-order valence-corrected chi connectivity index (χ2v) is 12.4. The van der Waals surface area contributed by atoms with E-state index in [0.29, 0.717) is 60.2 Å². The lowest BCUT2D eigenvalue weighted by molar-refractivity contribution is 0.0364. The molecule has 1 aromatic carbocycles. The van der Waals surface area contributed by atoms with Crippen LogP contribution >= 0.6 is 11.6 Å². The van der Waals surface area contributed by atoms with E-state index in [0.717, 1.165) is 54.1 Å². The summed E-state index contributed by atoms with van der Waals surface area (Å²) < 4.78 is 7.25. The molecular formula is C35H38ClN9O2. The van der Waals surface area contributed by atoms with Gasteiger partial charge in [0, 0.05) is 98.5 Å². The third-order valence-electron chi connectivity index (χ3n) is 9.01. The Balaban J connectivity index is 1.20. The van der Waals surface area contributed by atoms with Crippen molar-refractivity contribution in [3.05, 3.63) is 88.7 Å². The Labute approximate surface area is 278 Å². The highest BCUT2D eigenvalue weighted by Crippen LogP contribution is 2.30. The van der Waals surface area contributed by atoms with E-state index < -0.39 is 0 Å². The number of fused-ring (bicyclic) bond motifs is 1. The van der Waals surface area contributed by atoms with Crippen LogP contribution in [0.2, 0.25) is 5.02 Å². The van der Waals surface area contributed by atoms with Crippen molar-refractivity contribution in [2.45, 2.75) is 25.4 Å². The van der Waals surface area contributed by atoms with Gasteiger partial charge in [-0.05, 0) is 61.9 Å². The van der Waals surface area contributed by atoms with Crippen LogP contribution in [0, 0.1) is 0 Å². The third-order valence-corrected chi connectivity index (χ3v) is 9.30. The van der Waals surface area contributed by atoms with Crippen LogP contribution in [0.1, 0.15) is 12.8 Å². The monoisotopic (exact) mass is 651 g/mol. The van der Waals surface area contributed by atoms with E-state index in [1.807, 2.05) is 30.3 Å². The van der Waals surface area contributed by atoms with Gasteiger partial charge in [-0.15, -0.1) is 0 Å². The maximum absolute atomic E-state index is 14.2. The van der Waals surface area contributed by atoms with Crippen molar-refractivity contribution >= 4 is 40.0 Å². The topological polar surface area (TPSA) is 113 Å². The number of aromatic nitrogens is 5. The number of rotatable bonds is 9. The van der Waals surface area contributed by atoms with Gasteiger partial charge in [0.1, 0.15) is 5.65 Å². The van der Waals surface area contributed by atoms with Crippen molar-refractivity contribution in [1.82, 2.24) is 34.7 Å². The zero-order valence-corrected chi connectivity index (χ0v) is 27.2. The Morgan fingerprint density at radius 1 is 1.04 bits per heavy atom. The molecule has 0 radical (unpaired) electrons. The molecule has 2 N–H and O–H groups in total. The summed E-state index contributed by atoms with van der Waals surface area (Å²) in [5.41, 5.74) is 4.91. The second kappa shape index (κ2) is 14.1. The number of hydrogen-bond acceptors (Lipinski definition) is 10. The highest BCUT2D eigenvalue weighted by molar-refractivity contribution is 6.33. The highest BCUT2D eigenvalue weighted by atomic mass is 35.5. The summed E-state index contributed by atoms with van der Waals surface area (Å²) in [6, 6.07) is 16.2. The summed E-state index contributed by atoms with van der Waals surface area (Å²) in [5, 5.41) is 7.93. The predicted molar refractivity (Wildman–Crippen MR) is 187 cm³/mol. The van der Waals surface area contributed by atoms with E-state index in [-0.39, 0.29) is 5.56 Å². The minimum atomic E-state index is -0.205. The van der Waals surface area contributed by atoms with E-state index in [9.17, 15) is 4.79 Å². The molecule has 11 nitrogen and oxygen atoms in total. The molecule has 0 bridgehead atoms. The first-order chi connectivity index (χ1) is 23.0. The molecule has 4 aromatic heterocycles. The first kappa shape index (κ1) is 31.2. The Kier molecular flexibility index (Phi) is 9.39. The maximum atomic E-state index is 14.2. The fourth-order valence-corrected chi connectivity index (χ4v) is 6.54. The average Bonchev–Trinajstić information content (AvgIpc) is 3.12. The van der Waals surface area contributed by atoms with Crippen molar-refractivity contribution in [3.8, 4) is 22.4 Å². The van der Waals surface area contributed by atoms with Gasteiger partial charge in [0.2, 0.25) is 5.95 Å². The summed E-state index contributed by atoms with van der Waals surface area (Å²) in [6.07, 6.45) is 9.31. The summed E-state index contributed by atoms with van der Waals surface area (Å²) in [5.74, 6) is 0.416. The van der Waals surface area contributed by atoms with Crippen LogP contribution in [0.25, 0.3) is 33.4 Å². The van der Waals surface area contributed by atoms with Gasteiger partial charge in [-0.1, -0.05) is 17.7 Å². The van der Waals surface area contributed by atoms with Gasteiger partial charge < -0.3 is 20.3 Å². The molecule has 242 valence electrons. The molecule has 1 unspecified atom stereocenters. The van der Waals surface area contributed by atoms with Gasteiger partial charge in [-0.25, -0.2) is 4.98 Å². The molecule has 47 heavy (non-hydrogen) atoms. The lowest BCUT2D eigenvalue weighted by Crippen LogP contribution is -2.44. The first-order valence-corrected chi connectivity index (χ1v) is 16.5. The molecule has 0 saturated carbocycles.